The van der Waals surface area contributed by atoms with Gasteiger partial charge in [0.05, 0.1) is 5.54 Å². The summed E-state index contributed by atoms with van der Waals surface area (Å²) in [5.74, 6) is 0.0416. The van der Waals surface area contributed by atoms with E-state index < -0.39 is 5.54 Å². The average Bonchev–Trinajstić information content (AvgIpc) is 2.76. The van der Waals surface area contributed by atoms with Crippen LogP contribution in [0.3, 0.4) is 0 Å². The first-order chi connectivity index (χ1) is 8.51. The van der Waals surface area contributed by atoms with Crippen molar-refractivity contribution in [2.45, 2.75) is 37.8 Å². The van der Waals surface area contributed by atoms with Crippen LogP contribution >= 0.6 is 11.6 Å². The Morgan fingerprint density at radius 2 is 2.11 bits per heavy atom. The van der Waals surface area contributed by atoms with Crippen LogP contribution in [0.1, 0.15) is 31.2 Å². The number of amides is 1. The highest BCUT2D eigenvalue weighted by atomic mass is 35.5. The Morgan fingerprint density at radius 3 is 2.72 bits per heavy atom. The van der Waals surface area contributed by atoms with E-state index in [0.717, 1.165) is 31.2 Å². The molecule has 1 aliphatic rings. The van der Waals surface area contributed by atoms with Gasteiger partial charge in [-0.15, -0.1) is 0 Å². The van der Waals surface area contributed by atoms with Crippen LogP contribution in [0.2, 0.25) is 5.02 Å². The van der Waals surface area contributed by atoms with Gasteiger partial charge in [-0.25, -0.2) is 0 Å². The molecule has 0 saturated heterocycles. The van der Waals surface area contributed by atoms with E-state index in [-0.39, 0.29) is 5.91 Å². The number of nitrogens with two attached hydrogens (primary N) is 1. The van der Waals surface area contributed by atoms with Gasteiger partial charge in [0.15, 0.2) is 0 Å². The molecule has 1 aromatic carbocycles. The lowest BCUT2D eigenvalue weighted by atomic mass is 9.97. The summed E-state index contributed by atoms with van der Waals surface area (Å²) < 4.78 is 0. The molecule has 1 aliphatic carbocycles. The minimum atomic E-state index is -0.646. The fourth-order valence-corrected chi connectivity index (χ4v) is 2.79. The van der Waals surface area contributed by atoms with Gasteiger partial charge in [-0.2, -0.15) is 0 Å². The zero-order valence-electron chi connectivity index (χ0n) is 10.7. The fraction of sp³-hybridized carbons (Fsp3) is 0.500. The highest BCUT2D eigenvalue weighted by molar-refractivity contribution is 6.30. The van der Waals surface area contributed by atoms with Crippen LogP contribution in [0.25, 0.3) is 0 Å². The molecule has 1 fully saturated rings. The largest absolute Gasteiger partial charge is 0.340 e. The standard InChI is InChI=1S/C14H19ClN2O/c1-17(10-11-5-4-6-12(15)9-11)13(18)14(16)7-2-3-8-14/h4-6,9H,2-3,7-8,10,16H2,1H3. The van der Waals surface area contributed by atoms with Crippen LogP contribution in [0.4, 0.5) is 0 Å². The van der Waals surface area contributed by atoms with Crippen LogP contribution in [0.15, 0.2) is 24.3 Å². The molecule has 0 aromatic heterocycles. The van der Waals surface area contributed by atoms with Gasteiger partial charge in [-0.3, -0.25) is 4.79 Å². The maximum atomic E-state index is 12.3. The molecule has 0 heterocycles. The Bertz CT molecular complexity index is 441. The third-order valence-electron chi connectivity index (χ3n) is 3.58. The number of hydrogen-bond donors (Lipinski definition) is 1. The molecule has 0 atom stereocenters. The summed E-state index contributed by atoms with van der Waals surface area (Å²) in [5.41, 5.74) is 6.55. The van der Waals surface area contributed by atoms with Crippen LogP contribution in [0.5, 0.6) is 0 Å². The summed E-state index contributed by atoms with van der Waals surface area (Å²) in [6.45, 7) is 0.554. The lowest BCUT2D eigenvalue weighted by Crippen LogP contribution is -2.52. The summed E-state index contributed by atoms with van der Waals surface area (Å²) in [5, 5.41) is 0.691. The monoisotopic (exact) mass is 266 g/mol. The number of hydrogen-bond acceptors (Lipinski definition) is 2. The zero-order chi connectivity index (χ0) is 13.2. The number of rotatable bonds is 3. The Labute approximate surface area is 113 Å². The van der Waals surface area contributed by atoms with Crippen LogP contribution in [-0.2, 0) is 11.3 Å². The number of halogens is 1. The minimum Gasteiger partial charge on any atom is -0.340 e. The second-order valence-electron chi connectivity index (χ2n) is 5.15. The first kappa shape index (κ1) is 13.4. The average molecular weight is 267 g/mol. The molecule has 98 valence electrons. The molecule has 1 amide bonds. The van der Waals surface area contributed by atoms with E-state index in [1.165, 1.54) is 0 Å². The fourth-order valence-electron chi connectivity index (χ4n) is 2.58. The molecule has 0 spiro atoms. The van der Waals surface area contributed by atoms with Crippen molar-refractivity contribution >= 4 is 17.5 Å². The van der Waals surface area contributed by atoms with Crippen LogP contribution < -0.4 is 5.73 Å². The third-order valence-corrected chi connectivity index (χ3v) is 3.81. The molecule has 0 bridgehead atoms. The predicted molar refractivity (Wildman–Crippen MR) is 73.3 cm³/mol. The SMILES string of the molecule is CN(Cc1cccc(Cl)c1)C(=O)C1(N)CCCC1. The Morgan fingerprint density at radius 1 is 1.44 bits per heavy atom. The number of likely N-dealkylation sites (N-methyl/N-ethyl adjacent to an activating group) is 1. The maximum Gasteiger partial charge on any atom is 0.242 e. The number of carbonyl (C=O) groups excluding carboxylic acids is 1. The van der Waals surface area contributed by atoms with Crippen molar-refractivity contribution in [1.29, 1.82) is 0 Å². The Kier molecular flexibility index (Phi) is 3.93. The highest BCUT2D eigenvalue weighted by Gasteiger charge is 2.38. The van der Waals surface area contributed by atoms with Gasteiger partial charge in [0.2, 0.25) is 5.91 Å². The van der Waals surface area contributed by atoms with Crippen LogP contribution in [-0.4, -0.2) is 23.4 Å². The molecule has 2 rings (SSSR count). The third kappa shape index (κ3) is 2.85. The van der Waals surface area contributed by atoms with Crippen LogP contribution in [0, 0.1) is 0 Å². The van der Waals surface area contributed by atoms with Crippen molar-refractivity contribution < 1.29 is 4.79 Å². The predicted octanol–water partition coefficient (Wildman–Crippen LogP) is 2.57. The van der Waals surface area contributed by atoms with E-state index in [1.54, 1.807) is 11.9 Å². The molecule has 1 aromatic rings. The molecule has 18 heavy (non-hydrogen) atoms. The van der Waals surface area contributed by atoms with Crippen molar-refractivity contribution in [3.05, 3.63) is 34.9 Å². The lowest BCUT2D eigenvalue weighted by Gasteiger charge is -2.28. The van der Waals surface area contributed by atoms with E-state index in [1.807, 2.05) is 24.3 Å². The Balaban J connectivity index is 2.03. The first-order valence-electron chi connectivity index (χ1n) is 6.30. The van der Waals surface area contributed by atoms with Gasteiger partial charge in [0.1, 0.15) is 0 Å². The molecule has 0 aliphatic heterocycles. The van der Waals surface area contributed by atoms with Gasteiger partial charge < -0.3 is 10.6 Å². The zero-order valence-corrected chi connectivity index (χ0v) is 11.4. The number of carbonyl (C=O) groups is 1. The van der Waals surface area contributed by atoms with E-state index in [2.05, 4.69) is 0 Å². The van der Waals surface area contributed by atoms with Crippen molar-refractivity contribution in [3.63, 3.8) is 0 Å². The Hall–Kier alpha value is -1.06. The molecular formula is C14H19ClN2O. The van der Waals surface area contributed by atoms with Gasteiger partial charge in [0, 0.05) is 18.6 Å². The van der Waals surface area contributed by atoms with E-state index in [9.17, 15) is 4.79 Å². The van der Waals surface area contributed by atoms with Gasteiger partial charge in [0.25, 0.3) is 0 Å². The minimum absolute atomic E-state index is 0.0416. The van der Waals surface area contributed by atoms with E-state index >= 15 is 0 Å². The van der Waals surface area contributed by atoms with Gasteiger partial charge in [-0.05, 0) is 30.5 Å². The van der Waals surface area contributed by atoms with Gasteiger partial charge >= 0.3 is 0 Å². The number of nitrogens with zero attached hydrogens (tertiary/aromatic N) is 1. The lowest BCUT2D eigenvalue weighted by molar-refractivity contribution is -0.136. The summed E-state index contributed by atoms with van der Waals surface area (Å²) >= 11 is 5.93. The molecule has 0 unspecified atom stereocenters. The molecule has 0 radical (unpaired) electrons. The molecule has 4 heteroatoms. The summed E-state index contributed by atoms with van der Waals surface area (Å²) in [6.07, 6.45) is 3.69. The van der Waals surface area contributed by atoms with Crippen molar-refractivity contribution in [3.8, 4) is 0 Å². The van der Waals surface area contributed by atoms with E-state index in [4.69, 9.17) is 17.3 Å². The van der Waals surface area contributed by atoms with Crippen molar-refractivity contribution in [1.82, 2.24) is 4.90 Å². The second-order valence-corrected chi connectivity index (χ2v) is 5.59. The highest BCUT2D eigenvalue weighted by Crippen LogP contribution is 2.29. The van der Waals surface area contributed by atoms with Gasteiger partial charge in [-0.1, -0.05) is 36.6 Å². The van der Waals surface area contributed by atoms with Crippen molar-refractivity contribution in [2.75, 3.05) is 7.05 Å². The first-order valence-corrected chi connectivity index (χ1v) is 6.68. The molecule has 3 nitrogen and oxygen atoms in total. The molecule has 2 N–H and O–H groups in total. The topological polar surface area (TPSA) is 46.3 Å². The normalized spacial score (nSPS) is 17.7. The quantitative estimate of drug-likeness (QED) is 0.914. The maximum absolute atomic E-state index is 12.3. The molecular weight excluding hydrogens is 248 g/mol. The van der Waals surface area contributed by atoms with E-state index in [0.29, 0.717) is 11.6 Å². The molecule has 1 saturated carbocycles. The summed E-state index contributed by atoms with van der Waals surface area (Å²) in [7, 11) is 1.80. The summed E-state index contributed by atoms with van der Waals surface area (Å²) in [4.78, 5) is 14.0. The second kappa shape index (κ2) is 5.29. The smallest absolute Gasteiger partial charge is 0.242 e. The summed E-state index contributed by atoms with van der Waals surface area (Å²) in [6, 6.07) is 7.56. The number of benzene rings is 1. The van der Waals surface area contributed by atoms with Crippen molar-refractivity contribution in [2.24, 2.45) is 5.73 Å².